The van der Waals surface area contributed by atoms with Crippen molar-refractivity contribution in [3.63, 3.8) is 0 Å². The largest absolute Gasteiger partial charge is 0.271 e. The molecule has 1 N–H and O–H groups in total. The van der Waals surface area contributed by atoms with Gasteiger partial charge >= 0.3 is 0 Å². The smallest absolute Gasteiger partial charge is 0.243 e. The first-order valence-electron chi connectivity index (χ1n) is 7.06. The van der Waals surface area contributed by atoms with Crippen LogP contribution in [-0.4, -0.2) is 34.5 Å². The van der Waals surface area contributed by atoms with Crippen LogP contribution in [0.1, 0.15) is 24.7 Å². The predicted molar refractivity (Wildman–Crippen MR) is 84.4 cm³/mol. The van der Waals surface area contributed by atoms with Gasteiger partial charge in [-0.2, -0.15) is 10.2 Å². The molecule has 0 radical (unpaired) electrons. The summed E-state index contributed by atoms with van der Waals surface area (Å²) in [6, 6.07) is 0. The van der Waals surface area contributed by atoms with Gasteiger partial charge in [-0.05, 0) is 27.2 Å². The number of rotatable bonds is 7. The second-order valence-corrected chi connectivity index (χ2v) is 7.13. The van der Waals surface area contributed by atoms with Crippen LogP contribution in [0.15, 0.2) is 17.3 Å². The average molecular weight is 346 g/mol. The van der Waals surface area contributed by atoms with Gasteiger partial charge in [0.2, 0.25) is 10.0 Å². The van der Waals surface area contributed by atoms with Crippen LogP contribution in [0.3, 0.4) is 0 Å². The van der Waals surface area contributed by atoms with Gasteiger partial charge in [-0.15, -0.1) is 0 Å². The van der Waals surface area contributed by atoms with E-state index in [1.165, 1.54) is 6.20 Å². The van der Waals surface area contributed by atoms with Crippen LogP contribution in [0.2, 0.25) is 5.02 Å². The molecule has 0 atom stereocenters. The quantitative estimate of drug-likeness (QED) is 0.775. The second kappa shape index (κ2) is 6.80. The molecule has 2 rings (SSSR count). The van der Waals surface area contributed by atoms with Crippen LogP contribution in [-0.2, 0) is 23.1 Å². The van der Waals surface area contributed by atoms with Crippen molar-refractivity contribution in [2.75, 3.05) is 6.54 Å². The van der Waals surface area contributed by atoms with Gasteiger partial charge in [0.05, 0.1) is 22.6 Å². The van der Waals surface area contributed by atoms with E-state index in [9.17, 15) is 8.42 Å². The van der Waals surface area contributed by atoms with Gasteiger partial charge in [-0.25, -0.2) is 13.1 Å². The molecule has 0 aromatic carbocycles. The lowest BCUT2D eigenvalue weighted by Gasteiger charge is -2.07. The van der Waals surface area contributed by atoms with Gasteiger partial charge in [0.15, 0.2) is 0 Å². The lowest BCUT2D eigenvalue weighted by atomic mass is 10.4. The first-order chi connectivity index (χ1) is 10.3. The first-order valence-corrected chi connectivity index (χ1v) is 8.93. The van der Waals surface area contributed by atoms with E-state index in [0.717, 1.165) is 5.69 Å². The molecule has 2 aromatic heterocycles. The number of nitrogens with zero attached hydrogens (tertiary/aromatic N) is 4. The number of hydrogen-bond donors (Lipinski definition) is 1. The van der Waals surface area contributed by atoms with Gasteiger partial charge in [0.1, 0.15) is 4.90 Å². The molecule has 0 fully saturated rings. The van der Waals surface area contributed by atoms with E-state index in [2.05, 4.69) is 14.9 Å². The molecular weight excluding hydrogens is 326 g/mol. The van der Waals surface area contributed by atoms with Gasteiger partial charge in [0.25, 0.3) is 0 Å². The van der Waals surface area contributed by atoms with E-state index in [-0.39, 0.29) is 4.90 Å². The summed E-state index contributed by atoms with van der Waals surface area (Å²) in [4.78, 5) is 0.229. The monoisotopic (exact) mass is 345 g/mol. The predicted octanol–water partition coefficient (Wildman–Crippen LogP) is 1.74. The third-order valence-corrected chi connectivity index (χ3v) is 5.32. The molecule has 0 amide bonds. The van der Waals surface area contributed by atoms with Crippen molar-refractivity contribution >= 4 is 21.6 Å². The molecule has 122 valence electrons. The van der Waals surface area contributed by atoms with Crippen molar-refractivity contribution in [2.24, 2.45) is 0 Å². The Bertz CT molecular complexity index is 731. The van der Waals surface area contributed by atoms with Crippen molar-refractivity contribution in [1.82, 2.24) is 24.3 Å². The Morgan fingerprint density at radius 2 is 2.09 bits per heavy atom. The summed E-state index contributed by atoms with van der Waals surface area (Å²) < 4.78 is 30.4. The number of aromatic nitrogens is 4. The van der Waals surface area contributed by atoms with Gasteiger partial charge in [0, 0.05) is 25.8 Å². The van der Waals surface area contributed by atoms with Gasteiger partial charge < -0.3 is 0 Å². The Kier molecular flexibility index (Phi) is 5.25. The van der Waals surface area contributed by atoms with E-state index in [0.29, 0.717) is 36.8 Å². The summed E-state index contributed by atoms with van der Waals surface area (Å²) in [6.07, 6.45) is 3.75. The molecule has 0 saturated heterocycles. The molecule has 2 heterocycles. The van der Waals surface area contributed by atoms with E-state index in [1.54, 1.807) is 22.5 Å². The molecule has 0 aliphatic carbocycles. The summed E-state index contributed by atoms with van der Waals surface area (Å²) in [6.45, 7) is 7.07. The number of sulfonamides is 1. The third kappa shape index (κ3) is 3.68. The van der Waals surface area contributed by atoms with Crippen LogP contribution >= 0.6 is 11.6 Å². The zero-order chi connectivity index (χ0) is 16.3. The Hall–Kier alpha value is -1.38. The molecule has 0 bridgehead atoms. The highest BCUT2D eigenvalue weighted by molar-refractivity contribution is 7.89. The molecule has 0 spiro atoms. The summed E-state index contributed by atoms with van der Waals surface area (Å²) in [5, 5.41) is 8.90. The van der Waals surface area contributed by atoms with Crippen molar-refractivity contribution in [1.29, 1.82) is 0 Å². The van der Waals surface area contributed by atoms with Gasteiger partial charge in [-0.3, -0.25) is 9.36 Å². The minimum atomic E-state index is -3.53. The molecule has 0 aliphatic rings. The molecule has 7 nitrogen and oxygen atoms in total. The SMILES string of the molecule is CCn1ncc(S(=O)(=O)NCCCn2cc(Cl)c(C)n2)c1C. The fourth-order valence-electron chi connectivity index (χ4n) is 2.15. The highest BCUT2D eigenvalue weighted by atomic mass is 35.5. The maximum absolute atomic E-state index is 12.2. The fourth-order valence-corrected chi connectivity index (χ4v) is 3.54. The summed E-state index contributed by atoms with van der Waals surface area (Å²) in [5.41, 5.74) is 1.41. The summed E-state index contributed by atoms with van der Waals surface area (Å²) >= 11 is 5.92. The van der Waals surface area contributed by atoms with Gasteiger partial charge in [-0.1, -0.05) is 11.6 Å². The van der Waals surface area contributed by atoms with Crippen LogP contribution in [0.5, 0.6) is 0 Å². The van der Waals surface area contributed by atoms with E-state index < -0.39 is 10.0 Å². The Balaban J connectivity index is 1.91. The summed E-state index contributed by atoms with van der Waals surface area (Å²) in [5.74, 6) is 0. The minimum Gasteiger partial charge on any atom is -0.271 e. The zero-order valence-corrected chi connectivity index (χ0v) is 14.4. The summed E-state index contributed by atoms with van der Waals surface area (Å²) in [7, 11) is -3.53. The normalized spacial score (nSPS) is 12.0. The molecular formula is C13H20ClN5O2S. The van der Waals surface area contributed by atoms with Crippen molar-refractivity contribution in [2.45, 2.75) is 45.2 Å². The Labute approximate surface area is 135 Å². The standard InChI is InChI=1S/C13H20ClN5O2S/c1-4-19-11(3)13(8-15-19)22(20,21)16-6-5-7-18-9-12(14)10(2)17-18/h8-9,16H,4-7H2,1-3H3. The lowest BCUT2D eigenvalue weighted by molar-refractivity contribution is 0.550. The molecule has 22 heavy (non-hydrogen) atoms. The average Bonchev–Trinajstić information content (AvgIpc) is 2.98. The van der Waals surface area contributed by atoms with Crippen molar-refractivity contribution in [3.05, 3.63) is 28.8 Å². The van der Waals surface area contributed by atoms with Crippen LogP contribution < -0.4 is 4.72 Å². The number of hydrogen-bond acceptors (Lipinski definition) is 4. The van der Waals surface area contributed by atoms with Crippen LogP contribution in [0.25, 0.3) is 0 Å². The third-order valence-electron chi connectivity index (χ3n) is 3.39. The van der Waals surface area contributed by atoms with E-state index in [4.69, 9.17) is 11.6 Å². The molecule has 0 aliphatic heterocycles. The highest BCUT2D eigenvalue weighted by Crippen LogP contribution is 2.14. The maximum Gasteiger partial charge on any atom is 0.243 e. The Morgan fingerprint density at radius 3 is 2.64 bits per heavy atom. The highest BCUT2D eigenvalue weighted by Gasteiger charge is 2.19. The number of halogens is 1. The number of aryl methyl sites for hydroxylation is 3. The lowest BCUT2D eigenvalue weighted by Crippen LogP contribution is -2.26. The Morgan fingerprint density at radius 1 is 1.36 bits per heavy atom. The van der Waals surface area contributed by atoms with E-state index in [1.807, 2.05) is 13.8 Å². The molecule has 9 heteroatoms. The topological polar surface area (TPSA) is 81.8 Å². The van der Waals surface area contributed by atoms with Crippen LogP contribution in [0.4, 0.5) is 0 Å². The molecule has 2 aromatic rings. The van der Waals surface area contributed by atoms with E-state index >= 15 is 0 Å². The van der Waals surface area contributed by atoms with Crippen LogP contribution in [0, 0.1) is 13.8 Å². The van der Waals surface area contributed by atoms with Crippen molar-refractivity contribution < 1.29 is 8.42 Å². The minimum absolute atomic E-state index is 0.229. The van der Waals surface area contributed by atoms with Crippen molar-refractivity contribution in [3.8, 4) is 0 Å². The molecule has 0 saturated carbocycles. The second-order valence-electron chi connectivity index (χ2n) is 4.99. The number of nitrogens with one attached hydrogen (secondary N) is 1. The zero-order valence-electron chi connectivity index (χ0n) is 12.9. The maximum atomic E-state index is 12.2. The first kappa shape index (κ1) is 17.0. The fraction of sp³-hybridized carbons (Fsp3) is 0.538. The molecule has 0 unspecified atom stereocenters.